The van der Waals surface area contributed by atoms with Crippen LogP contribution in [0.25, 0.3) is 5.69 Å². The maximum absolute atomic E-state index is 4.92. The minimum absolute atomic E-state index is 0.448. The monoisotopic (exact) mass is 281 g/mol. The average molecular weight is 281 g/mol. The summed E-state index contributed by atoms with van der Waals surface area (Å²) >= 11 is 0. The molecular formula is C18H23N3. The first-order chi connectivity index (χ1) is 10.2. The Morgan fingerprint density at radius 1 is 1.14 bits per heavy atom. The zero-order valence-corrected chi connectivity index (χ0v) is 12.9. The van der Waals surface area contributed by atoms with E-state index in [0.29, 0.717) is 5.92 Å². The highest BCUT2D eigenvalue weighted by molar-refractivity contribution is 5.46. The summed E-state index contributed by atoms with van der Waals surface area (Å²) < 4.78 is 2.43. The second kappa shape index (κ2) is 4.99. The number of fused-ring (bicyclic) bond motifs is 2. The molecule has 0 atom stereocenters. The lowest BCUT2D eigenvalue weighted by Gasteiger charge is -2.18. The van der Waals surface area contributed by atoms with Crippen molar-refractivity contribution < 1.29 is 0 Å². The van der Waals surface area contributed by atoms with Crippen molar-refractivity contribution in [2.75, 3.05) is 6.54 Å². The van der Waals surface area contributed by atoms with Crippen molar-refractivity contribution in [2.24, 2.45) is 0 Å². The van der Waals surface area contributed by atoms with Crippen LogP contribution in [0.5, 0.6) is 0 Å². The third kappa shape index (κ3) is 2.11. The lowest BCUT2D eigenvalue weighted by molar-refractivity contribution is 0.619. The van der Waals surface area contributed by atoms with E-state index in [-0.39, 0.29) is 0 Å². The van der Waals surface area contributed by atoms with Crippen LogP contribution < -0.4 is 5.32 Å². The van der Waals surface area contributed by atoms with Crippen LogP contribution in [0.4, 0.5) is 0 Å². The van der Waals surface area contributed by atoms with Crippen LogP contribution in [0.1, 0.15) is 54.5 Å². The first-order valence-electron chi connectivity index (χ1n) is 8.17. The Hall–Kier alpha value is -1.61. The average Bonchev–Trinajstić information content (AvgIpc) is 3.10. The molecule has 0 saturated heterocycles. The molecule has 0 fully saturated rings. The highest BCUT2D eigenvalue weighted by Gasteiger charge is 2.23. The quantitative estimate of drug-likeness (QED) is 0.916. The molecule has 0 amide bonds. The van der Waals surface area contributed by atoms with Crippen molar-refractivity contribution in [3.8, 4) is 5.69 Å². The summed E-state index contributed by atoms with van der Waals surface area (Å²) in [6.07, 6.45) is 4.87. The van der Waals surface area contributed by atoms with Crippen molar-refractivity contribution in [1.82, 2.24) is 14.9 Å². The van der Waals surface area contributed by atoms with Gasteiger partial charge in [-0.1, -0.05) is 19.9 Å². The first-order valence-corrected chi connectivity index (χ1v) is 8.17. The summed E-state index contributed by atoms with van der Waals surface area (Å²) in [5, 5.41) is 3.44. The molecule has 3 heteroatoms. The van der Waals surface area contributed by atoms with Gasteiger partial charge < -0.3 is 9.88 Å². The molecule has 1 aliphatic carbocycles. The molecule has 21 heavy (non-hydrogen) atoms. The molecule has 0 saturated carbocycles. The summed E-state index contributed by atoms with van der Waals surface area (Å²) in [6.45, 7) is 6.45. The van der Waals surface area contributed by atoms with E-state index in [4.69, 9.17) is 4.98 Å². The molecule has 0 bridgehead atoms. The maximum Gasteiger partial charge on any atom is 0.116 e. The molecule has 1 N–H and O–H groups in total. The number of rotatable bonds is 2. The van der Waals surface area contributed by atoms with E-state index in [1.807, 2.05) is 0 Å². The summed E-state index contributed by atoms with van der Waals surface area (Å²) in [7, 11) is 0. The molecule has 110 valence electrons. The maximum atomic E-state index is 4.92. The van der Waals surface area contributed by atoms with Crippen LogP contribution in [-0.4, -0.2) is 16.1 Å². The van der Waals surface area contributed by atoms with Crippen LogP contribution in [0.2, 0.25) is 0 Å². The molecule has 1 aliphatic heterocycles. The van der Waals surface area contributed by atoms with Gasteiger partial charge >= 0.3 is 0 Å². The molecule has 0 unspecified atom stereocenters. The second-order valence-electron chi connectivity index (χ2n) is 6.59. The van der Waals surface area contributed by atoms with E-state index in [1.165, 1.54) is 42.2 Å². The van der Waals surface area contributed by atoms with E-state index < -0.39 is 0 Å². The van der Waals surface area contributed by atoms with E-state index in [0.717, 1.165) is 19.5 Å². The summed E-state index contributed by atoms with van der Waals surface area (Å²) in [6, 6.07) is 7.02. The van der Waals surface area contributed by atoms with Gasteiger partial charge in [0, 0.05) is 36.8 Å². The summed E-state index contributed by atoms with van der Waals surface area (Å²) in [5.41, 5.74) is 7.05. The first kappa shape index (κ1) is 13.1. The van der Waals surface area contributed by atoms with Crippen LogP contribution in [0.3, 0.4) is 0 Å². The van der Waals surface area contributed by atoms with Gasteiger partial charge in [0.2, 0.25) is 0 Å². The number of aromatic nitrogens is 2. The van der Waals surface area contributed by atoms with Crippen LogP contribution >= 0.6 is 0 Å². The molecule has 0 radical (unpaired) electrons. The molecule has 3 nitrogen and oxygen atoms in total. The largest absolute Gasteiger partial charge is 0.311 e. The highest BCUT2D eigenvalue weighted by atomic mass is 15.1. The number of nitrogens with zero attached hydrogens (tertiary/aromatic N) is 2. The zero-order valence-electron chi connectivity index (χ0n) is 12.9. The Labute approximate surface area is 126 Å². The molecular weight excluding hydrogens is 258 g/mol. The van der Waals surface area contributed by atoms with E-state index in [9.17, 15) is 0 Å². The van der Waals surface area contributed by atoms with Gasteiger partial charge in [-0.05, 0) is 42.5 Å². The van der Waals surface area contributed by atoms with Crippen molar-refractivity contribution in [3.05, 3.63) is 46.5 Å². The molecule has 1 aromatic carbocycles. The Morgan fingerprint density at radius 3 is 2.86 bits per heavy atom. The standard InChI is InChI=1S/C18H23N3/c1-12(2)18-20-16-11-19-9-8-17(16)21(18)15-7-6-13-4-3-5-14(13)10-15/h6-7,10,12,19H,3-5,8-9,11H2,1-2H3. The smallest absolute Gasteiger partial charge is 0.116 e. The third-order valence-corrected chi connectivity index (χ3v) is 4.77. The van der Waals surface area contributed by atoms with Crippen LogP contribution in [0, 0.1) is 0 Å². The minimum Gasteiger partial charge on any atom is -0.311 e. The molecule has 2 aliphatic rings. The Bertz CT molecular complexity index is 682. The fourth-order valence-electron chi connectivity index (χ4n) is 3.70. The van der Waals surface area contributed by atoms with Gasteiger partial charge in [-0.2, -0.15) is 0 Å². The minimum atomic E-state index is 0.448. The predicted molar refractivity (Wildman–Crippen MR) is 85.1 cm³/mol. The number of hydrogen-bond acceptors (Lipinski definition) is 2. The zero-order chi connectivity index (χ0) is 14.4. The lowest BCUT2D eigenvalue weighted by atomic mass is 10.1. The van der Waals surface area contributed by atoms with E-state index in [2.05, 4.69) is 41.9 Å². The van der Waals surface area contributed by atoms with E-state index >= 15 is 0 Å². The van der Waals surface area contributed by atoms with Crippen molar-refractivity contribution in [1.29, 1.82) is 0 Å². The van der Waals surface area contributed by atoms with E-state index in [1.54, 1.807) is 11.1 Å². The molecule has 2 heterocycles. The summed E-state index contributed by atoms with van der Waals surface area (Å²) in [5.74, 6) is 1.66. The predicted octanol–water partition coefficient (Wildman–Crippen LogP) is 3.13. The highest BCUT2D eigenvalue weighted by Crippen LogP contribution is 2.29. The topological polar surface area (TPSA) is 29.9 Å². The van der Waals surface area contributed by atoms with Crippen LogP contribution in [0.15, 0.2) is 18.2 Å². The SMILES string of the molecule is CC(C)c1nc2c(n1-c1ccc3c(c1)CCC3)CCNC2. The van der Waals surface area contributed by atoms with Gasteiger partial charge in [-0.3, -0.25) is 0 Å². The number of benzene rings is 1. The summed E-state index contributed by atoms with van der Waals surface area (Å²) in [4.78, 5) is 4.92. The fraction of sp³-hybridized carbons (Fsp3) is 0.500. The Balaban J connectivity index is 1.88. The molecule has 1 aromatic heterocycles. The molecule has 2 aromatic rings. The molecule has 4 rings (SSSR count). The number of hydrogen-bond donors (Lipinski definition) is 1. The Kier molecular flexibility index (Phi) is 3.11. The lowest BCUT2D eigenvalue weighted by Crippen LogP contribution is -2.24. The van der Waals surface area contributed by atoms with Gasteiger partial charge in [-0.25, -0.2) is 4.98 Å². The van der Waals surface area contributed by atoms with Crippen molar-refractivity contribution in [2.45, 2.75) is 52.0 Å². The number of aryl methyl sites for hydroxylation is 2. The fourth-order valence-corrected chi connectivity index (χ4v) is 3.70. The number of imidazole rings is 1. The molecule has 0 spiro atoms. The third-order valence-electron chi connectivity index (χ3n) is 4.77. The van der Waals surface area contributed by atoms with Crippen molar-refractivity contribution in [3.63, 3.8) is 0 Å². The second-order valence-corrected chi connectivity index (χ2v) is 6.59. The van der Waals surface area contributed by atoms with Gasteiger partial charge in [0.25, 0.3) is 0 Å². The van der Waals surface area contributed by atoms with Gasteiger partial charge in [0.1, 0.15) is 5.82 Å². The van der Waals surface area contributed by atoms with Crippen molar-refractivity contribution >= 4 is 0 Å². The normalized spacial score (nSPS) is 17.1. The van der Waals surface area contributed by atoms with Gasteiger partial charge in [0.05, 0.1) is 5.69 Å². The van der Waals surface area contributed by atoms with Gasteiger partial charge in [0.15, 0.2) is 0 Å². The Morgan fingerprint density at radius 2 is 2.00 bits per heavy atom. The number of nitrogens with one attached hydrogen (secondary N) is 1. The van der Waals surface area contributed by atoms with Gasteiger partial charge in [-0.15, -0.1) is 0 Å². The van der Waals surface area contributed by atoms with Crippen LogP contribution in [-0.2, 0) is 25.8 Å².